The van der Waals surface area contributed by atoms with Crippen LogP contribution < -0.4 is 15.4 Å². The molecule has 3 amide bonds. The Morgan fingerprint density at radius 3 is 2.06 bits per heavy atom. The number of piperidine rings is 2. The van der Waals surface area contributed by atoms with Crippen molar-refractivity contribution in [2.45, 2.75) is 136 Å². The number of alkyl halides is 3. The van der Waals surface area contributed by atoms with E-state index in [0.717, 1.165) is 43.4 Å². The van der Waals surface area contributed by atoms with Crippen molar-refractivity contribution in [1.29, 1.82) is 0 Å². The highest BCUT2D eigenvalue weighted by Gasteiger charge is 2.35. The summed E-state index contributed by atoms with van der Waals surface area (Å²) in [5.74, 6) is 1.46. The number of likely N-dealkylation sites (tertiary alicyclic amines) is 2. The molecule has 3 aliphatic rings. The van der Waals surface area contributed by atoms with E-state index in [2.05, 4.69) is 20.6 Å². The van der Waals surface area contributed by atoms with Crippen LogP contribution in [0.25, 0.3) is 10.9 Å². The molecule has 0 unspecified atom stereocenters. The number of aromatic nitrogens is 2. The Hall–Kier alpha value is -4.86. The molecule has 2 aromatic carbocycles. The normalized spacial score (nSPS) is 20.6. The molecule has 2 aliphatic heterocycles. The summed E-state index contributed by atoms with van der Waals surface area (Å²) in [4.78, 5) is 51.7. The van der Waals surface area contributed by atoms with E-state index in [-0.39, 0.29) is 53.5 Å². The summed E-state index contributed by atoms with van der Waals surface area (Å²) in [5.41, 5.74) is -0.613. The molecule has 2 N–H and O–H groups in total. The molecule has 6 rings (SSSR count). The second kappa shape index (κ2) is 20.1. The maximum absolute atomic E-state index is 14.1. The summed E-state index contributed by atoms with van der Waals surface area (Å²) >= 11 is 0. The molecule has 13 nitrogen and oxygen atoms in total. The van der Waals surface area contributed by atoms with Gasteiger partial charge in [0.15, 0.2) is 0 Å². The molecule has 1 atom stereocenters. The van der Waals surface area contributed by atoms with E-state index in [1.54, 1.807) is 46.6 Å². The maximum Gasteiger partial charge on any atom is 0.416 e. The van der Waals surface area contributed by atoms with E-state index in [0.29, 0.717) is 80.2 Å². The lowest BCUT2D eigenvalue weighted by Crippen LogP contribution is -2.43. The topological polar surface area (TPSA) is 144 Å². The third-order valence-corrected chi connectivity index (χ3v) is 12.1. The van der Waals surface area contributed by atoms with Gasteiger partial charge in [-0.15, -0.1) is 0 Å². The Bertz CT molecular complexity index is 2210. The van der Waals surface area contributed by atoms with Crippen LogP contribution in [-0.4, -0.2) is 95.5 Å². The molecular weight excluding hydrogens is 830 g/mol. The third kappa shape index (κ3) is 13.1. The SMILES string of the molecule is [2H]C([2H])(OCC1CCN(C(=O)C2CCC(c3cc4c(N[C@H](C)c5cc(NC(=O)OC(C)(C)C)cc(C(F)(F)F)c5)nc(C)nc4cc3OC)CC2)CC1)C1CCN(C(=O)OC(C)(C)C)CC1. The quantitative estimate of drug-likeness (QED) is 0.191. The number of methoxy groups -OCH3 is 1. The van der Waals surface area contributed by atoms with Crippen LogP contribution in [0.15, 0.2) is 30.3 Å². The lowest BCUT2D eigenvalue weighted by atomic mass is 9.77. The van der Waals surface area contributed by atoms with Crippen molar-refractivity contribution in [2.75, 3.05) is 57.1 Å². The molecule has 0 bridgehead atoms. The van der Waals surface area contributed by atoms with E-state index in [1.165, 1.54) is 6.07 Å². The molecule has 64 heavy (non-hydrogen) atoms. The minimum Gasteiger partial charge on any atom is -0.496 e. The number of carbonyl (C=O) groups is 3. The predicted octanol–water partition coefficient (Wildman–Crippen LogP) is 10.7. The Balaban J connectivity index is 1.05. The van der Waals surface area contributed by atoms with Crippen molar-refractivity contribution in [3.05, 3.63) is 52.8 Å². The number of carbonyl (C=O) groups excluding carboxylic acids is 3. The molecule has 1 aromatic heterocycles. The average Bonchev–Trinajstić information content (AvgIpc) is 3.23. The molecule has 1 saturated carbocycles. The molecule has 3 fully saturated rings. The van der Waals surface area contributed by atoms with E-state index in [4.69, 9.17) is 21.7 Å². The van der Waals surface area contributed by atoms with Gasteiger partial charge in [0.2, 0.25) is 5.91 Å². The van der Waals surface area contributed by atoms with E-state index < -0.39 is 41.6 Å². The second-order valence-corrected chi connectivity index (χ2v) is 19.6. The minimum atomic E-state index is -4.67. The van der Waals surface area contributed by atoms with Gasteiger partial charge in [0.05, 0.1) is 27.0 Å². The van der Waals surface area contributed by atoms with Crippen LogP contribution in [0.4, 0.5) is 34.3 Å². The number of nitrogens with zero attached hydrogens (tertiary/aromatic N) is 4. The average molecular weight is 899 g/mol. The first kappa shape index (κ1) is 45.7. The van der Waals surface area contributed by atoms with Crippen LogP contribution >= 0.6 is 0 Å². The first-order valence-corrected chi connectivity index (χ1v) is 22.5. The van der Waals surface area contributed by atoms with Gasteiger partial charge >= 0.3 is 18.4 Å². The molecule has 3 aromatic rings. The van der Waals surface area contributed by atoms with Crippen molar-refractivity contribution in [1.82, 2.24) is 19.8 Å². The van der Waals surface area contributed by atoms with Gasteiger partial charge in [0.25, 0.3) is 0 Å². The van der Waals surface area contributed by atoms with Crippen molar-refractivity contribution in [2.24, 2.45) is 17.8 Å². The molecule has 1 aliphatic carbocycles. The van der Waals surface area contributed by atoms with Gasteiger partial charge < -0.3 is 34.1 Å². The number of hydrogen-bond donors (Lipinski definition) is 2. The number of halogens is 3. The molecule has 16 heteroatoms. The highest BCUT2D eigenvalue weighted by molar-refractivity contribution is 5.91. The van der Waals surface area contributed by atoms with Gasteiger partial charge in [-0.1, -0.05) is 0 Å². The van der Waals surface area contributed by atoms with Gasteiger partial charge in [-0.25, -0.2) is 19.6 Å². The van der Waals surface area contributed by atoms with Gasteiger partial charge in [-0.05, 0) is 160 Å². The van der Waals surface area contributed by atoms with Crippen molar-refractivity contribution >= 4 is 40.5 Å². The van der Waals surface area contributed by atoms with Crippen LogP contribution in [0.1, 0.15) is 137 Å². The molecule has 3 heterocycles. The summed E-state index contributed by atoms with van der Waals surface area (Å²) in [5, 5.41) is 6.43. The predicted molar refractivity (Wildman–Crippen MR) is 240 cm³/mol. The standard InChI is InChI=1S/C48H67F3N6O7/c1-29(35-22-36(48(49,50)51)24-37(23-35)55-44(59)63-46(3,4)5)52-42-39-25-38(41(61-9)26-40(39)53-30(2)54-42)33-10-12-34(13-11-33)43(58)56-18-14-31(15-19-56)27-62-28-32-16-20-57(21-17-32)45(60)64-47(6,7)8/h22-26,29,31-34H,10-21,27-28H2,1-9H3,(H,55,59)(H,52,53,54)/t29-,33?,34?/m1/s1/i28D2. The molecule has 352 valence electrons. The van der Waals surface area contributed by atoms with E-state index in [9.17, 15) is 27.6 Å². The Morgan fingerprint density at radius 2 is 1.45 bits per heavy atom. The fraction of sp³-hybridized carbons (Fsp3) is 0.646. The highest BCUT2D eigenvalue weighted by atomic mass is 19.4. The summed E-state index contributed by atoms with van der Waals surface area (Å²) < 4.78 is 82.2. The van der Waals surface area contributed by atoms with Crippen LogP contribution in [0.2, 0.25) is 0 Å². The summed E-state index contributed by atoms with van der Waals surface area (Å²) in [6.07, 6.45) is -0.580. The number of rotatable bonds is 11. The largest absolute Gasteiger partial charge is 0.496 e. The number of nitrogens with one attached hydrogen (secondary N) is 2. The molecule has 0 spiro atoms. The van der Waals surface area contributed by atoms with Crippen molar-refractivity contribution in [3.63, 3.8) is 0 Å². The number of fused-ring (bicyclic) bond motifs is 1. The highest BCUT2D eigenvalue weighted by Crippen LogP contribution is 2.43. The number of amides is 3. The first-order chi connectivity index (χ1) is 30.8. The van der Waals surface area contributed by atoms with E-state index in [1.807, 2.05) is 37.8 Å². The zero-order chi connectivity index (χ0) is 48.4. The Labute approximate surface area is 378 Å². The summed E-state index contributed by atoms with van der Waals surface area (Å²) in [6, 6.07) is 6.55. The van der Waals surface area contributed by atoms with Gasteiger partial charge in [-0.2, -0.15) is 13.2 Å². The monoisotopic (exact) mass is 899 g/mol. The number of benzene rings is 2. The van der Waals surface area contributed by atoms with Crippen molar-refractivity contribution < 1.29 is 49.2 Å². The fourth-order valence-corrected chi connectivity index (χ4v) is 8.76. The number of aryl methyl sites for hydroxylation is 1. The van der Waals surface area contributed by atoms with Crippen LogP contribution in [0, 0.1) is 24.7 Å². The number of ether oxygens (including phenoxy) is 4. The number of anilines is 2. The minimum absolute atomic E-state index is 0.0600. The summed E-state index contributed by atoms with van der Waals surface area (Å²) in [7, 11) is 1.60. The number of hydrogen-bond acceptors (Lipinski definition) is 10. The molecule has 2 saturated heterocycles. The molecular formula is C48H67F3N6O7. The fourth-order valence-electron chi connectivity index (χ4n) is 8.76. The lowest BCUT2D eigenvalue weighted by molar-refractivity contribution is -0.138. The first-order valence-electron chi connectivity index (χ1n) is 23.5. The zero-order valence-corrected chi connectivity index (χ0v) is 38.7. The van der Waals surface area contributed by atoms with Crippen LogP contribution in [-0.2, 0) is 25.2 Å². The van der Waals surface area contributed by atoms with Crippen LogP contribution in [0.5, 0.6) is 5.75 Å². The second-order valence-electron chi connectivity index (χ2n) is 19.6. The van der Waals surface area contributed by atoms with Crippen LogP contribution in [0.3, 0.4) is 0 Å². The van der Waals surface area contributed by atoms with Crippen molar-refractivity contribution in [3.8, 4) is 5.75 Å². The van der Waals surface area contributed by atoms with Gasteiger partial charge in [0.1, 0.15) is 28.6 Å². The van der Waals surface area contributed by atoms with Gasteiger partial charge in [0, 0.05) is 62.4 Å². The summed E-state index contributed by atoms with van der Waals surface area (Å²) in [6.45, 7) is 14.4. The van der Waals surface area contributed by atoms with Gasteiger partial charge in [-0.3, -0.25) is 10.1 Å². The van der Waals surface area contributed by atoms with E-state index >= 15 is 0 Å². The Kier molecular flexibility index (Phi) is 14.4. The smallest absolute Gasteiger partial charge is 0.416 e. The third-order valence-electron chi connectivity index (χ3n) is 12.1. The molecule has 0 radical (unpaired) electrons. The zero-order valence-electron chi connectivity index (χ0n) is 40.7. The lowest BCUT2D eigenvalue weighted by Gasteiger charge is -2.37. The maximum atomic E-state index is 14.1. The Morgan fingerprint density at radius 1 is 0.828 bits per heavy atom.